The molecule has 0 N–H and O–H groups in total. The van der Waals surface area contributed by atoms with Crippen LogP contribution in [0.4, 0.5) is 8.78 Å². The Kier molecular flexibility index (Phi) is 4.48. The first-order valence-electron chi connectivity index (χ1n) is 10.1. The SMILES string of the molecule is CC(C)OCC(=O)c1cc2c(cc1F)c1cccc3c1c([n+]2C)-c1cc(F)ccc1O3. The summed E-state index contributed by atoms with van der Waals surface area (Å²) < 4.78 is 42.3. The van der Waals surface area contributed by atoms with Gasteiger partial charge in [0.25, 0.3) is 0 Å². The smallest absolute Gasteiger partial charge is 0.228 e. The Balaban J connectivity index is 1.83. The highest BCUT2D eigenvalue weighted by Crippen LogP contribution is 2.46. The third kappa shape index (κ3) is 3.06. The van der Waals surface area contributed by atoms with Gasteiger partial charge in [-0.25, -0.2) is 8.78 Å². The Bertz CT molecular complexity index is 1400. The summed E-state index contributed by atoms with van der Waals surface area (Å²) in [5.74, 6) is -0.245. The standard InChI is InChI=1S/C25H20F2NO3/c1-13(2)30-12-21(29)17-11-20-16(10-19(17)27)15-5-4-6-23-24(15)25(28(20)3)18-9-14(26)7-8-22(18)31-23/h4-11,13H,12H2,1-3H3/q+1. The van der Waals surface area contributed by atoms with Crippen molar-refractivity contribution in [1.82, 2.24) is 0 Å². The summed E-state index contributed by atoms with van der Waals surface area (Å²) in [6, 6.07) is 12.9. The number of hydrogen-bond acceptors (Lipinski definition) is 3. The minimum atomic E-state index is -0.603. The van der Waals surface area contributed by atoms with E-state index in [1.807, 2.05) is 43.7 Å². The van der Waals surface area contributed by atoms with E-state index in [9.17, 15) is 13.6 Å². The highest BCUT2D eigenvalue weighted by atomic mass is 19.1. The number of pyridine rings is 1. The van der Waals surface area contributed by atoms with E-state index in [0.29, 0.717) is 28.0 Å². The summed E-state index contributed by atoms with van der Waals surface area (Å²) in [6.45, 7) is 3.44. The number of ketones is 1. The van der Waals surface area contributed by atoms with Crippen molar-refractivity contribution in [2.45, 2.75) is 20.0 Å². The van der Waals surface area contributed by atoms with Crippen LogP contribution in [0.25, 0.3) is 32.9 Å². The lowest BCUT2D eigenvalue weighted by molar-refractivity contribution is -0.632. The summed E-state index contributed by atoms with van der Waals surface area (Å²) in [5, 5.41) is 2.19. The van der Waals surface area contributed by atoms with Gasteiger partial charge in [0, 0.05) is 11.5 Å². The van der Waals surface area contributed by atoms with Gasteiger partial charge in [0.1, 0.15) is 36.8 Å². The average Bonchev–Trinajstić information content (AvgIpc) is 2.74. The fourth-order valence-electron chi connectivity index (χ4n) is 4.17. The Hall–Kier alpha value is -3.38. The van der Waals surface area contributed by atoms with Gasteiger partial charge in [-0.1, -0.05) is 12.1 Å². The lowest BCUT2D eigenvalue weighted by Crippen LogP contribution is -2.34. The zero-order chi connectivity index (χ0) is 21.9. The molecule has 1 aromatic heterocycles. The first-order valence-corrected chi connectivity index (χ1v) is 10.1. The number of fused-ring (bicyclic) bond motifs is 4. The predicted molar refractivity (Wildman–Crippen MR) is 113 cm³/mol. The van der Waals surface area contributed by atoms with Crippen molar-refractivity contribution in [1.29, 1.82) is 0 Å². The minimum absolute atomic E-state index is 0.0296. The second kappa shape index (κ2) is 7.10. The van der Waals surface area contributed by atoms with Crippen LogP contribution < -0.4 is 9.30 Å². The van der Waals surface area contributed by atoms with Crippen LogP contribution in [0.5, 0.6) is 11.5 Å². The number of hydrogen-bond donors (Lipinski definition) is 0. The molecule has 31 heavy (non-hydrogen) atoms. The largest absolute Gasteiger partial charge is 0.456 e. The first kappa shape index (κ1) is 19.6. The van der Waals surface area contributed by atoms with Crippen molar-refractivity contribution in [2.24, 2.45) is 7.05 Å². The number of carbonyl (C=O) groups excluding carboxylic acids is 1. The first-order chi connectivity index (χ1) is 14.8. The summed E-state index contributed by atoms with van der Waals surface area (Å²) in [7, 11) is 1.82. The van der Waals surface area contributed by atoms with Gasteiger partial charge in [-0.3, -0.25) is 4.79 Å². The zero-order valence-electron chi connectivity index (χ0n) is 17.3. The van der Waals surface area contributed by atoms with E-state index in [1.54, 1.807) is 12.1 Å². The quantitative estimate of drug-likeness (QED) is 0.220. The van der Waals surface area contributed by atoms with E-state index in [1.165, 1.54) is 18.2 Å². The molecule has 0 amide bonds. The Morgan fingerprint density at radius 2 is 1.87 bits per heavy atom. The number of rotatable bonds is 4. The molecule has 1 aliphatic heterocycles. The van der Waals surface area contributed by atoms with Gasteiger partial charge in [-0.05, 0) is 44.2 Å². The number of aromatic nitrogens is 1. The van der Waals surface area contributed by atoms with Gasteiger partial charge < -0.3 is 9.47 Å². The van der Waals surface area contributed by atoms with E-state index in [4.69, 9.17) is 9.47 Å². The van der Waals surface area contributed by atoms with E-state index in [-0.39, 0.29) is 24.1 Å². The van der Waals surface area contributed by atoms with Crippen molar-refractivity contribution in [3.63, 3.8) is 0 Å². The molecule has 6 heteroatoms. The third-order valence-electron chi connectivity index (χ3n) is 5.60. The monoisotopic (exact) mass is 420 g/mol. The van der Waals surface area contributed by atoms with Gasteiger partial charge in [-0.15, -0.1) is 0 Å². The van der Waals surface area contributed by atoms with E-state index in [0.717, 1.165) is 16.5 Å². The number of nitrogens with zero attached hydrogens (tertiary/aromatic N) is 1. The van der Waals surface area contributed by atoms with Crippen molar-refractivity contribution < 1.29 is 27.6 Å². The van der Waals surface area contributed by atoms with Gasteiger partial charge >= 0.3 is 0 Å². The van der Waals surface area contributed by atoms with Crippen LogP contribution in [0.2, 0.25) is 0 Å². The van der Waals surface area contributed by atoms with Gasteiger partial charge in [0.15, 0.2) is 5.78 Å². The molecule has 0 spiro atoms. The normalized spacial score (nSPS) is 12.3. The predicted octanol–water partition coefficient (Wildman–Crippen LogP) is 5.48. The maximum absolute atomic E-state index is 15.0. The number of halogens is 2. The highest BCUT2D eigenvalue weighted by molar-refractivity contribution is 6.13. The minimum Gasteiger partial charge on any atom is -0.456 e. The number of carbonyl (C=O) groups is 1. The van der Waals surface area contributed by atoms with Gasteiger partial charge in [-0.2, -0.15) is 4.57 Å². The number of aryl methyl sites for hydroxylation is 1. The molecule has 156 valence electrons. The molecule has 2 heterocycles. The summed E-state index contributed by atoms with van der Waals surface area (Å²) in [6.07, 6.45) is -0.137. The Labute approximate surface area is 177 Å². The van der Waals surface area contributed by atoms with Crippen LogP contribution in [0.15, 0.2) is 48.5 Å². The van der Waals surface area contributed by atoms with Crippen LogP contribution >= 0.6 is 0 Å². The van der Waals surface area contributed by atoms with Crippen LogP contribution in [0.1, 0.15) is 24.2 Å². The Morgan fingerprint density at radius 1 is 1.06 bits per heavy atom. The molecule has 0 radical (unpaired) electrons. The molecule has 0 saturated heterocycles. The van der Waals surface area contributed by atoms with Crippen molar-refractivity contribution in [3.8, 4) is 22.8 Å². The topological polar surface area (TPSA) is 39.4 Å². The maximum atomic E-state index is 15.0. The number of benzene rings is 3. The van der Waals surface area contributed by atoms with Crippen molar-refractivity contribution in [2.75, 3.05) is 6.61 Å². The van der Waals surface area contributed by atoms with Gasteiger partial charge in [0.05, 0.1) is 28.0 Å². The molecule has 5 rings (SSSR count). The van der Waals surface area contributed by atoms with Crippen LogP contribution in [0, 0.1) is 11.6 Å². The molecule has 0 unspecified atom stereocenters. The second-order valence-corrected chi connectivity index (χ2v) is 7.96. The molecule has 3 aromatic carbocycles. The van der Waals surface area contributed by atoms with Crippen molar-refractivity contribution in [3.05, 3.63) is 65.7 Å². The molecule has 1 aliphatic rings. The average molecular weight is 420 g/mol. The van der Waals surface area contributed by atoms with E-state index >= 15 is 0 Å². The molecule has 0 bridgehead atoms. The second-order valence-electron chi connectivity index (χ2n) is 7.96. The lowest BCUT2D eigenvalue weighted by Gasteiger charge is -2.20. The summed E-state index contributed by atoms with van der Waals surface area (Å²) in [4.78, 5) is 12.6. The van der Waals surface area contributed by atoms with Crippen LogP contribution in [-0.2, 0) is 11.8 Å². The highest BCUT2D eigenvalue weighted by Gasteiger charge is 2.31. The van der Waals surface area contributed by atoms with Crippen molar-refractivity contribution >= 4 is 27.5 Å². The molecule has 4 nitrogen and oxygen atoms in total. The Morgan fingerprint density at radius 3 is 2.65 bits per heavy atom. The zero-order valence-corrected chi connectivity index (χ0v) is 17.3. The molecular formula is C25H20F2NO3+. The van der Waals surface area contributed by atoms with Gasteiger partial charge in [0.2, 0.25) is 11.2 Å². The molecule has 0 aliphatic carbocycles. The van der Waals surface area contributed by atoms with Crippen LogP contribution in [-0.4, -0.2) is 18.5 Å². The molecule has 0 saturated carbocycles. The maximum Gasteiger partial charge on any atom is 0.228 e. The molecule has 0 atom stereocenters. The number of Topliss-reactive ketones (excluding diaryl/α,β-unsaturated/α-hetero) is 1. The lowest BCUT2D eigenvalue weighted by atomic mass is 9.95. The summed E-state index contributed by atoms with van der Waals surface area (Å²) >= 11 is 0. The molecule has 0 fully saturated rings. The summed E-state index contributed by atoms with van der Waals surface area (Å²) in [5.41, 5.74) is 1.99. The third-order valence-corrected chi connectivity index (χ3v) is 5.60. The fourth-order valence-corrected chi connectivity index (χ4v) is 4.17. The number of ether oxygens (including phenoxy) is 2. The van der Waals surface area contributed by atoms with Crippen LogP contribution in [0.3, 0.4) is 0 Å². The van der Waals surface area contributed by atoms with E-state index < -0.39 is 11.6 Å². The molecular weight excluding hydrogens is 400 g/mol. The fraction of sp³-hybridized carbons (Fsp3) is 0.200. The molecule has 4 aromatic rings. The van der Waals surface area contributed by atoms with E-state index in [2.05, 4.69) is 0 Å².